The van der Waals surface area contributed by atoms with Crippen LogP contribution in [-0.4, -0.2) is 5.78 Å². The van der Waals surface area contributed by atoms with Gasteiger partial charge in [-0.1, -0.05) is 30.1 Å². The molecule has 0 aliphatic rings. The maximum absolute atomic E-state index is 12.2. The summed E-state index contributed by atoms with van der Waals surface area (Å²) in [5.74, 6) is 0.647. The lowest BCUT2D eigenvalue weighted by atomic mass is 10.1. The average molecular weight is 284 g/mol. The van der Waals surface area contributed by atoms with Gasteiger partial charge in [-0.15, -0.1) is 0 Å². The highest BCUT2D eigenvalue weighted by Gasteiger charge is 2.18. The molecule has 1 heterocycles. The van der Waals surface area contributed by atoms with Gasteiger partial charge in [-0.2, -0.15) is 0 Å². The van der Waals surface area contributed by atoms with Crippen LogP contribution < -0.4 is 5.73 Å². The number of nitrogen functional groups attached to an aromatic ring is 1. The summed E-state index contributed by atoms with van der Waals surface area (Å²) in [7, 11) is 0. The van der Waals surface area contributed by atoms with E-state index >= 15 is 0 Å². The van der Waals surface area contributed by atoms with Gasteiger partial charge in [0.05, 0.1) is 10.0 Å². The van der Waals surface area contributed by atoms with Gasteiger partial charge in [-0.05, 0) is 24.3 Å². The van der Waals surface area contributed by atoms with E-state index in [1.807, 2.05) is 6.92 Å². The van der Waals surface area contributed by atoms with Crippen molar-refractivity contribution in [2.75, 3.05) is 5.73 Å². The van der Waals surface area contributed by atoms with Gasteiger partial charge in [0.1, 0.15) is 5.76 Å². The Morgan fingerprint density at radius 3 is 2.67 bits per heavy atom. The largest absolute Gasteiger partial charge is 0.458 e. The van der Waals surface area contributed by atoms with Crippen molar-refractivity contribution in [1.82, 2.24) is 0 Å². The third-order valence-electron chi connectivity index (χ3n) is 2.53. The lowest BCUT2D eigenvalue weighted by molar-refractivity contribution is 0.101. The molecule has 0 saturated carbocycles. The van der Waals surface area contributed by atoms with E-state index in [0.29, 0.717) is 5.69 Å². The van der Waals surface area contributed by atoms with Gasteiger partial charge in [0, 0.05) is 17.7 Å². The topological polar surface area (TPSA) is 56.2 Å². The van der Waals surface area contributed by atoms with E-state index in [1.54, 1.807) is 12.1 Å². The minimum absolute atomic E-state index is 0.185. The third-order valence-corrected chi connectivity index (χ3v) is 3.33. The molecule has 1 aromatic heterocycles. The molecule has 0 bridgehead atoms. The summed E-state index contributed by atoms with van der Waals surface area (Å²) in [6.45, 7) is 1.94. The zero-order valence-electron chi connectivity index (χ0n) is 9.67. The average Bonchev–Trinajstić information content (AvgIpc) is 2.81. The fraction of sp³-hybridized carbons (Fsp3) is 0.154. The first kappa shape index (κ1) is 13.0. The van der Waals surface area contributed by atoms with E-state index < -0.39 is 0 Å². The summed E-state index contributed by atoms with van der Waals surface area (Å²) < 4.78 is 5.39. The van der Waals surface area contributed by atoms with Gasteiger partial charge in [-0.3, -0.25) is 4.79 Å². The number of carbonyl (C=O) groups excluding carboxylic acids is 1. The van der Waals surface area contributed by atoms with E-state index in [2.05, 4.69) is 0 Å². The monoisotopic (exact) mass is 283 g/mol. The molecule has 0 aliphatic carbocycles. The maximum Gasteiger partial charge on any atom is 0.229 e. The van der Waals surface area contributed by atoms with Crippen molar-refractivity contribution < 1.29 is 9.21 Å². The van der Waals surface area contributed by atoms with Crippen LogP contribution in [0, 0.1) is 0 Å². The molecule has 2 rings (SSSR count). The smallest absolute Gasteiger partial charge is 0.229 e. The number of furan rings is 1. The third kappa shape index (κ3) is 2.37. The molecule has 0 unspecified atom stereocenters. The van der Waals surface area contributed by atoms with Gasteiger partial charge in [0.25, 0.3) is 0 Å². The molecule has 0 fully saturated rings. The number of hydrogen-bond donors (Lipinski definition) is 1. The quantitative estimate of drug-likeness (QED) is 0.685. The molecule has 0 atom stereocenters. The number of rotatable bonds is 3. The Morgan fingerprint density at radius 1 is 1.33 bits per heavy atom. The van der Waals surface area contributed by atoms with Crippen molar-refractivity contribution in [1.29, 1.82) is 0 Å². The van der Waals surface area contributed by atoms with Crippen molar-refractivity contribution in [3.05, 3.63) is 51.4 Å². The molecule has 0 spiro atoms. The summed E-state index contributed by atoms with van der Waals surface area (Å²) in [5, 5.41) is 0.438. The minimum Gasteiger partial charge on any atom is -0.458 e. The summed E-state index contributed by atoms with van der Waals surface area (Å²) in [5.41, 5.74) is 6.28. The van der Waals surface area contributed by atoms with Crippen LogP contribution in [-0.2, 0) is 6.42 Å². The van der Waals surface area contributed by atoms with Crippen LogP contribution in [0.2, 0.25) is 10.0 Å². The van der Waals surface area contributed by atoms with Crippen molar-refractivity contribution in [2.24, 2.45) is 0 Å². The lowest BCUT2D eigenvalue weighted by Gasteiger charge is -2.05. The standard InChI is InChI=1S/C13H11Cl2NO2/c1-2-8-3-4-11(18-8)13(17)9-5-7(16)6-10(14)12(9)15/h3-6H,2,16H2,1H3. The van der Waals surface area contributed by atoms with Gasteiger partial charge in [0.15, 0.2) is 5.76 Å². The van der Waals surface area contributed by atoms with Crippen molar-refractivity contribution >= 4 is 34.7 Å². The Labute approximate surface area is 114 Å². The predicted octanol–water partition coefficient (Wildman–Crippen LogP) is 3.96. The zero-order chi connectivity index (χ0) is 13.3. The Balaban J connectivity index is 2.45. The molecule has 3 nitrogen and oxygen atoms in total. The Hall–Kier alpha value is -1.45. The fourth-order valence-corrected chi connectivity index (χ4v) is 2.02. The first-order valence-corrected chi connectivity index (χ1v) is 6.16. The summed E-state index contributed by atoms with van der Waals surface area (Å²) in [6.07, 6.45) is 0.721. The molecule has 0 radical (unpaired) electrons. The normalized spacial score (nSPS) is 10.6. The van der Waals surface area contributed by atoms with Crippen LogP contribution in [0.3, 0.4) is 0 Å². The molecule has 2 aromatic rings. The second kappa shape index (κ2) is 5.04. The maximum atomic E-state index is 12.2. The number of nitrogens with two attached hydrogens (primary N) is 1. The molecule has 0 aliphatic heterocycles. The molecule has 5 heteroatoms. The summed E-state index contributed by atoms with van der Waals surface area (Å²) in [6, 6.07) is 6.37. The van der Waals surface area contributed by atoms with Crippen LogP contribution in [0.4, 0.5) is 5.69 Å². The zero-order valence-corrected chi connectivity index (χ0v) is 11.2. The number of ketones is 1. The number of halogens is 2. The first-order valence-electron chi connectivity index (χ1n) is 5.41. The number of carbonyl (C=O) groups is 1. The van der Waals surface area contributed by atoms with Crippen molar-refractivity contribution in [3.63, 3.8) is 0 Å². The summed E-state index contributed by atoms with van der Waals surface area (Å²) >= 11 is 11.9. The van der Waals surface area contributed by atoms with E-state index in [1.165, 1.54) is 12.1 Å². The molecule has 1 aromatic carbocycles. The van der Waals surface area contributed by atoms with Crippen LogP contribution in [0.1, 0.15) is 28.8 Å². The minimum atomic E-state index is -0.325. The Kier molecular flexibility index (Phi) is 3.64. The van der Waals surface area contributed by atoms with Crippen LogP contribution in [0.5, 0.6) is 0 Å². The van der Waals surface area contributed by atoms with Gasteiger partial charge < -0.3 is 10.2 Å². The van der Waals surface area contributed by atoms with E-state index in [4.69, 9.17) is 33.4 Å². The van der Waals surface area contributed by atoms with Crippen LogP contribution in [0.25, 0.3) is 0 Å². The summed E-state index contributed by atoms with van der Waals surface area (Å²) in [4.78, 5) is 12.2. The van der Waals surface area contributed by atoms with Gasteiger partial charge in [-0.25, -0.2) is 0 Å². The molecule has 2 N–H and O–H groups in total. The molecule has 0 amide bonds. The van der Waals surface area contributed by atoms with Gasteiger partial charge >= 0.3 is 0 Å². The van der Waals surface area contributed by atoms with Crippen molar-refractivity contribution in [3.8, 4) is 0 Å². The van der Waals surface area contributed by atoms with Crippen LogP contribution >= 0.6 is 23.2 Å². The highest BCUT2D eigenvalue weighted by atomic mass is 35.5. The molecule has 94 valence electrons. The fourth-order valence-electron chi connectivity index (χ4n) is 1.60. The second-order valence-electron chi connectivity index (χ2n) is 3.81. The number of benzene rings is 1. The lowest BCUT2D eigenvalue weighted by Crippen LogP contribution is -2.02. The SMILES string of the molecule is CCc1ccc(C(=O)c2cc(N)cc(Cl)c2Cl)o1. The molecule has 18 heavy (non-hydrogen) atoms. The Morgan fingerprint density at radius 2 is 2.06 bits per heavy atom. The Bertz CT molecular complexity index is 605. The molecular weight excluding hydrogens is 273 g/mol. The number of hydrogen-bond acceptors (Lipinski definition) is 3. The van der Waals surface area contributed by atoms with E-state index in [9.17, 15) is 4.79 Å². The number of anilines is 1. The number of aryl methyl sites for hydroxylation is 1. The van der Waals surface area contributed by atoms with Crippen LogP contribution in [0.15, 0.2) is 28.7 Å². The van der Waals surface area contributed by atoms with E-state index in [-0.39, 0.29) is 27.2 Å². The van der Waals surface area contributed by atoms with E-state index in [0.717, 1.165) is 12.2 Å². The molecule has 0 saturated heterocycles. The second-order valence-corrected chi connectivity index (χ2v) is 4.60. The predicted molar refractivity (Wildman–Crippen MR) is 72.4 cm³/mol. The molecular formula is C13H11Cl2NO2. The first-order chi connectivity index (χ1) is 8.52. The van der Waals surface area contributed by atoms with Crippen molar-refractivity contribution in [2.45, 2.75) is 13.3 Å². The highest BCUT2D eigenvalue weighted by Crippen LogP contribution is 2.30. The highest BCUT2D eigenvalue weighted by molar-refractivity contribution is 6.44. The van der Waals surface area contributed by atoms with Gasteiger partial charge in [0.2, 0.25) is 5.78 Å².